The first-order valence-electron chi connectivity index (χ1n) is 9.70. The number of hydrogen-bond donors (Lipinski definition) is 2. The molecular weight excluding hydrogens is 372 g/mol. The van der Waals surface area contributed by atoms with Crippen LogP contribution in [0.5, 0.6) is 0 Å². The Hall–Kier alpha value is -3.20. The second kappa shape index (κ2) is 8.44. The van der Waals surface area contributed by atoms with Gasteiger partial charge in [-0.3, -0.25) is 19.5 Å². The Morgan fingerprint density at radius 2 is 2.17 bits per heavy atom. The van der Waals surface area contributed by atoms with Crippen molar-refractivity contribution in [2.24, 2.45) is 5.92 Å². The highest BCUT2D eigenvalue weighted by Crippen LogP contribution is 2.18. The van der Waals surface area contributed by atoms with Crippen molar-refractivity contribution < 1.29 is 9.53 Å². The first kappa shape index (κ1) is 19.1. The zero-order valence-corrected chi connectivity index (χ0v) is 16.3. The van der Waals surface area contributed by atoms with Gasteiger partial charge in [0.1, 0.15) is 5.39 Å². The number of ether oxygens (including phenoxy) is 1. The lowest BCUT2D eigenvalue weighted by Gasteiger charge is -2.31. The van der Waals surface area contributed by atoms with E-state index in [9.17, 15) is 9.59 Å². The maximum absolute atomic E-state index is 12.5. The molecule has 9 heteroatoms. The minimum atomic E-state index is -0.226. The zero-order chi connectivity index (χ0) is 20.2. The van der Waals surface area contributed by atoms with E-state index in [1.807, 2.05) is 30.3 Å². The van der Waals surface area contributed by atoms with Gasteiger partial charge in [-0.15, -0.1) is 0 Å². The largest absolute Gasteiger partial charge is 0.468 e. The number of hydrogen-bond acceptors (Lipinski definition) is 7. The van der Waals surface area contributed by atoms with Gasteiger partial charge in [0.25, 0.3) is 5.56 Å². The molecule has 29 heavy (non-hydrogen) atoms. The number of aromatic nitrogens is 4. The maximum atomic E-state index is 12.5. The smallest absolute Gasteiger partial charge is 0.319 e. The van der Waals surface area contributed by atoms with E-state index in [0.29, 0.717) is 36.0 Å². The van der Waals surface area contributed by atoms with Crippen LogP contribution in [0.15, 0.2) is 41.3 Å². The van der Waals surface area contributed by atoms with Crippen LogP contribution in [0, 0.1) is 5.92 Å². The van der Waals surface area contributed by atoms with Gasteiger partial charge in [-0.25, -0.2) is 4.68 Å². The number of nitrogens with one attached hydrogen (secondary N) is 2. The van der Waals surface area contributed by atoms with Gasteiger partial charge in [-0.2, -0.15) is 10.1 Å². The van der Waals surface area contributed by atoms with Crippen LogP contribution in [0.1, 0.15) is 12.8 Å². The van der Waals surface area contributed by atoms with Gasteiger partial charge in [0.2, 0.25) is 5.95 Å². The molecule has 0 saturated carbocycles. The van der Waals surface area contributed by atoms with Crippen LogP contribution in [-0.4, -0.2) is 63.9 Å². The summed E-state index contributed by atoms with van der Waals surface area (Å²) in [5, 5.41) is 8.02. The van der Waals surface area contributed by atoms with Crippen molar-refractivity contribution in [2.45, 2.75) is 12.8 Å². The molecule has 4 rings (SSSR count). The fourth-order valence-electron chi connectivity index (χ4n) is 3.71. The van der Waals surface area contributed by atoms with E-state index in [2.05, 4.69) is 25.3 Å². The Morgan fingerprint density at radius 1 is 1.34 bits per heavy atom. The first-order valence-corrected chi connectivity index (χ1v) is 9.70. The summed E-state index contributed by atoms with van der Waals surface area (Å²) in [5.41, 5.74) is 1.13. The molecule has 1 atom stereocenters. The highest BCUT2D eigenvalue weighted by molar-refractivity contribution is 5.76. The third-order valence-electron chi connectivity index (χ3n) is 5.18. The molecule has 1 saturated heterocycles. The average Bonchev–Trinajstić information content (AvgIpc) is 3.18. The van der Waals surface area contributed by atoms with Gasteiger partial charge in [-0.05, 0) is 37.4 Å². The van der Waals surface area contributed by atoms with Crippen molar-refractivity contribution in [1.29, 1.82) is 0 Å². The van der Waals surface area contributed by atoms with E-state index in [-0.39, 0.29) is 11.5 Å². The first-order chi connectivity index (χ1) is 14.1. The third-order valence-corrected chi connectivity index (χ3v) is 5.18. The zero-order valence-electron chi connectivity index (χ0n) is 16.3. The van der Waals surface area contributed by atoms with E-state index in [0.717, 1.165) is 31.6 Å². The Bertz CT molecular complexity index is 1050. The molecule has 1 aliphatic rings. The Balaban J connectivity index is 1.48. The second-order valence-electron chi connectivity index (χ2n) is 7.24. The number of para-hydroxylation sites is 1. The number of H-pyrrole nitrogens is 1. The molecule has 0 spiro atoms. The Kier molecular flexibility index (Phi) is 5.57. The number of anilines is 1. The quantitative estimate of drug-likeness (QED) is 0.607. The second-order valence-corrected chi connectivity index (χ2v) is 7.24. The van der Waals surface area contributed by atoms with Crippen LogP contribution >= 0.6 is 0 Å². The van der Waals surface area contributed by atoms with Gasteiger partial charge in [0.05, 0.1) is 25.5 Å². The molecule has 152 valence electrons. The molecule has 1 fully saturated rings. The lowest BCUT2D eigenvalue weighted by Crippen LogP contribution is -2.41. The fraction of sp³-hybridized carbons (Fsp3) is 0.400. The number of nitrogens with zero attached hydrogens (tertiary/aromatic N) is 4. The number of esters is 1. The molecule has 1 aromatic carbocycles. The Morgan fingerprint density at radius 3 is 2.97 bits per heavy atom. The van der Waals surface area contributed by atoms with Gasteiger partial charge in [0, 0.05) is 13.1 Å². The summed E-state index contributed by atoms with van der Waals surface area (Å²) < 4.78 is 6.42. The van der Waals surface area contributed by atoms with Crippen molar-refractivity contribution in [1.82, 2.24) is 24.6 Å². The van der Waals surface area contributed by atoms with Crippen molar-refractivity contribution in [2.75, 3.05) is 38.6 Å². The van der Waals surface area contributed by atoms with Crippen LogP contribution < -0.4 is 10.9 Å². The minimum Gasteiger partial charge on any atom is -0.468 e. The fourth-order valence-corrected chi connectivity index (χ4v) is 3.71. The molecule has 2 aromatic heterocycles. The number of likely N-dealkylation sites (tertiary alicyclic amines) is 1. The van der Waals surface area contributed by atoms with Crippen LogP contribution in [0.3, 0.4) is 0 Å². The average molecular weight is 396 g/mol. The van der Waals surface area contributed by atoms with E-state index in [1.54, 1.807) is 4.68 Å². The summed E-state index contributed by atoms with van der Waals surface area (Å²) in [7, 11) is 1.41. The van der Waals surface area contributed by atoms with Crippen molar-refractivity contribution in [3.8, 4) is 5.69 Å². The van der Waals surface area contributed by atoms with E-state index in [1.165, 1.54) is 13.3 Å². The molecule has 1 aliphatic heterocycles. The molecular formula is C20H24N6O3. The Labute approximate surface area is 167 Å². The van der Waals surface area contributed by atoms with Crippen LogP contribution in [0.4, 0.5) is 5.95 Å². The number of rotatable bonds is 6. The van der Waals surface area contributed by atoms with Crippen molar-refractivity contribution >= 4 is 23.0 Å². The topological polar surface area (TPSA) is 105 Å². The maximum Gasteiger partial charge on any atom is 0.319 e. The summed E-state index contributed by atoms with van der Waals surface area (Å²) in [4.78, 5) is 33.4. The monoisotopic (exact) mass is 396 g/mol. The summed E-state index contributed by atoms with van der Waals surface area (Å²) in [6, 6.07) is 9.59. The van der Waals surface area contributed by atoms with E-state index < -0.39 is 0 Å². The lowest BCUT2D eigenvalue weighted by molar-refractivity contribution is -0.142. The molecule has 1 unspecified atom stereocenters. The summed E-state index contributed by atoms with van der Waals surface area (Å²) in [5.74, 6) is 0.558. The number of carbonyl (C=O) groups is 1. The molecule has 9 nitrogen and oxygen atoms in total. The van der Waals surface area contributed by atoms with Gasteiger partial charge >= 0.3 is 5.97 Å². The van der Waals surface area contributed by atoms with Crippen LogP contribution in [0.25, 0.3) is 16.7 Å². The number of aromatic amines is 1. The number of methoxy groups -OCH3 is 1. The van der Waals surface area contributed by atoms with Gasteiger partial charge in [0.15, 0.2) is 5.65 Å². The molecule has 0 radical (unpaired) electrons. The van der Waals surface area contributed by atoms with E-state index in [4.69, 9.17) is 4.74 Å². The molecule has 3 heterocycles. The highest BCUT2D eigenvalue weighted by atomic mass is 16.5. The van der Waals surface area contributed by atoms with Gasteiger partial charge < -0.3 is 10.1 Å². The molecule has 2 N–H and O–H groups in total. The molecule has 0 amide bonds. The third kappa shape index (κ3) is 4.29. The van der Waals surface area contributed by atoms with Crippen LogP contribution in [0.2, 0.25) is 0 Å². The standard InChI is InChI=1S/C20H24N6O3/c1-29-17(27)13-25-9-5-6-14(12-25)10-21-20-23-18-16(19(28)24-20)11-22-26(18)15-7-3-2-4-8-15/h2-4,7-8,11,14H,5-6,9-10,12-13H2,1H3,(H2,21,23,24,28). The summed E-state index contributed by atoms with van der Waals surface area (Å²) in [6.45, 7) is 2.66. The molecule has 0 bridgehead atoms. The predicted octanol–water partition coefficient (Wildman–Crippen LogP) is 1.41. The highest BCUT2D eigenvalue weighted by Gasteiger charge is 2.22. The van der Waals surface area contributed by atoms with Crippen molar-refractivity contribution in [3.05, 3.63) is 46.9 Å². The lowest BCUT2D eigenvalue weighted by atomic mass is 9.98. The predicted molar refractivity (Wildman–Crippen MR) is 109 cm³/mol. The minimum absolute atomic E-state index is 0.218. The molecule has 0 aliphatic carbocycles. The van der Waals surface area contributed by atoms with Crippen LogP contribution in [-0.2, 0) is 9.53 Å². The van der Waals surface area contributed by atoms with E-state index >= 15 is 0 Å². The number of carbonyl (C=O) groups excluding carboxylic acids is 1. The molecule has 3 aromatic rings. The summed E-state index contributed by atoms with van der Waals surface area (Å²) in [6.07, 6.45) is 3.61. The van der Waals surface area contributed by atoms with Crippen molar-refractivity contribution in [3.63, 3.8) is 0 Å². The van der Waals surface area contributed by atoms with Gasteiger partial charge in [-0.1, -0.05) is 18.2 Å². The number of fused-ring (bicyclic) bond motifs is 1. The SMILES string of the molecule is COC(=O)CN1CCCC(CNc2nc3c(cnn3-c3ccccc3)c(=O)[nH]2)C1. The normalized spacial score (nSPS) is 17.3. The number of benzene rings is 1. The summed E-state index contributed by atoms with van der Waals surface area (Å²) >= 11 is 0. The number of piperidine rings is 1.